The number of furan rings is 2. The number of thioether (sulfide) groups is 1. The first-order chi connectivity index (χ1) is 53.4. The third kappa shape index (κ3) is 10.6. The van der Waals surface area contributed by atoms with E-state index in [0.717, 1.165) is 132 Å². The van der Waals surface area contributed by atoms with Crippen LogP contribution < -0.4 is 0 Å². The molecule has 8 nitrogen and oxygen atoms in total. The molecule has 0 saturated heterocycles. The van der Waals surface area contributed by atoms with Crippen molar-refractivity contribution in [2.24, 2.45) is 0 Å². The van der Waals surface area contributed by atoms with Gasteiger partial charge < -0.3 is 8.83 Å². The Morgan fingerprint density at radius 1 is 0.241 bits per heavy atom. The molecule has 2 unspecified atom stereocenters. The van der Waals surface area contributed by atoms with E-state index in [9.17, 15) is 0 Å². The van der Waals surface area contributed by atoms with Gasteiger partial charge >= 0.3 is 0 Å². The van der Waals surface area contributed by atoms with Crippen molar-refractivity contribution < 1.29 is 8.83 Å². The highest BCUT2D eigenvalue weighted by Crippen LogP contribution is 2.50. The van der Waals surface area contributed by atoms with Crippen LogP contribution >= 0.6 is 23.1 Å². The zero-order valence-electron chi connectivity index (χ0n) is 57.8. The molecule has 0 N–H and O–H groups in total. The van der Waals surface area contributed by atoms with Crippen LogP contribution in [0, 0.1) is 0 Å². The maximum atomic E-state index is 6.90. The monoisotopic (exact) mass is 1410 g/mol. The number of allylic oxidation sites excluding steroid dienone is 3. The van der Waals surface area contributed by atoms with E-state index in [0.29, 0.717) is 45.8 Å². The number of hydrogen-bond donors (Lipinski definition) is 0. The van der Waals surface area contributed by atoms with Crippen molar-refractivity contribution >= 4 is 109 Å². The van der Waals surface area contributed by atoms with Gasteiger partial charge in [0.15, 0.2) is 34.9 Å². The smallest absolute Gasteiger partial charge is 0.164 e. The van der Waals surface area contributed by atoms with Crippen molar-refractivity contribution in [3.63, 3.8) is 0 Å². The molecule has 504 valence electrons. The van der Waals surface area contributed by atoms with E-state index in [1.165, 1.54) is 47.1 Å². The van der Waals surface area contributed by atoms with E-state index in [2.05, 4.69) is 309 Å². The van der Waals surface area contributed by atoms with E-state index in [-0.39, 0.29) is 5.92 Å². The van der Waals surface area contributed by atoms with E-state index in [1.54, 1.807) is 11.3 Å². The van der Waals surface area contributed by atoms with Crippen LogP contribution in [0.15, 0.2) is 353 Å². The van der Waals surface area contributed by atoms with Crippen LogP contribution in [0.25, 0.3) is 210 Å². The fourth-order valence-electron chi connectivity index (χ4n) is 16.3. The van der Waals surface area contributed by atoms with E-state index < -0.39 is 0 Å². The highest BCUT2D eigenvalue weighted by atomic mass is 32.2. The van der Waals surface area contributed by atoms with Crippen LogP contribution in [0.2, 0.25) is 0 Å². The first kappa shape index (κ1) is 61.9. The normalized spacial score (nSPS) is 14.0. The molecular formula is C98H58N6O2S2. The largest absolute Gasteiger partial charge is 0.456 e. The third-order valence-corrected chi connectivity index (χ3v) is 24.0. The van der Waals surface area contributed by atoms with Crippen molar-refractivity contribution in [1.82, 2.24) is 29.9 Å². The summed E-state index contributed by atoms with van der Waals surface area (Å²) in [6.45, 7) is 0. The molecular weight excluding hydrogens is 1360 g/mol. The summed E-state index contributed by atoms with van der Waals surface area (Å²) in [5, 5.41) is 11.3. The number of rotatable bonds is 11. The molecule has 1 aliphatic carbocycles. The molecule has 20 aromatic rings. The van der Waals surface area contributed by atoms with Gasteiger partial charge in [0.05, 0.1) is 0 Å². The summed E-state index contributed by atoms with van der Waals surface area (Å²) >= 11 is 3.72. The van der Waals surface area contributed by atoms with E-state index >= 15 is 0 Å². The van der Waals surface area contributed by atoms with Crippen molar-refractivity contribution in [3.05, 3.63) is 345 Å². The summed E-state index contributed by atoms with van der Waals surface area (Å²) in [7, 11) is 0. The molecule has 0 saturated carbocycles. The van der Waals surface area contributed by atoms with Crippen LogP contribution in [0.3, 0.4) is 0 Å². The molecule has 0 radical (unpaired) electrons. The average molecular weight is 1420 g/mol. The lowest BCUT2D eigenvalue weighted by atomic mass is 9.90. The first-order valence-corrected chi connectivity index (χ1v) is 38.0. The second-order valence-corrected chi connectivity index (χ2v) is 30.2. The van der Waals surface area contributed by atoms with Gasteiger partial charge in [0.25, 0.3) is 0 Å². The summed E-state index contributed by atoms with van der Waals surface area (Å²) in [4.78, 5) is 33.9. The van der Waals surface area contributed by atoms with E-state index in [4.69, 9.17) is 38.7 Å². The number of aromatic nitrogens is 6. The van der Waals surface area contributed by atoms with Gasteiger partial charge in [-0.15, -0.1) is 23.1 Å². The van der Waals surface area contributed by atoms with Gasteiger partial charge in [0, 0.05) is 91.2 Å². The van der Waals surface area contributed by atoms with Gasteiger partial charge in [-0.25, -0.2) is 29.9 Å². The Morgan fingerprint density at radius 2 is 0.731 bits per heavy atom. The number of hydrogen-bond acceptors (Lipinski definition) is 10. The number of benzene rings is 15. The van der Waals surface area contributed by atoms with Gasteiger partial charge in [-0.05, 0) is 186 Å². The lowest BCUT2D eigenvalue weighted by Gasteiger charge is -2.16. The van der Waals surface area contributed by atoms with Crippen molar-refractivity contribution in [2.45, 2.75) is 16.1 Å². The van der Waals surface area contributed by atoms with Gasteiger partial charge in [-0.3, -0.25) is 0 Å². The standard InChI is InChI=1S/C98H58N6O2S2/c1-4-19-57(20-5-1)66-47-67(71-31-18-32-72-69(30-17-33-73(71)72)58-21-6-2-7-22-58)49-68(48-66)97-101-93(62-40-45-86-82(52-62)74-26-10-13-34-85(74)105-86)99-95(102-97)64-37-42-75-81-50-61(39-44-87(81)106-88(75)54-64)70-29-16-25-60-51-84(79(56-80(60)70)59-23-8-3-9-24-59)98-103-94(63-41-46-91-83(53-63)77-28-12-15-36-90(77)107-91)100-96(104-98)65-38-43-78-76-27-11-14-35-89(76)108-92(78)55-65/h1-56,77,90H. The minimum atomic E-state index is 0.283. The van der Waals surface area contributed by atoms with Crippen LogP contribution in [-0.2, 0) is 0 Å². The summed E-state index contributed by atoms with van der Waals surface area (Å²) in [6.07, 6.45) is 8.97. The number of fused-ring (bicyclic) bond motifs is 14. The number of nitrogens with zero attached hydrogens (tertiary/aromatic N) is 6. The topological polar surface area (TPSA) is 104 Å². The minimum absolute atomic E-state index is 0.283. The molecule has 10 heteroatoms. The molecule has 0 spiro atoms. The summed E-state index contributed by atoms with van der Waals surface area (Å²) in [5.74, 6) is 3.72. The van der Waals surface area contributed by atoms with Crippen molar-refractivity contribution in [3.8, 4) is 124 Å². The van der Waals surface area contributed by atoms with E-state index in [1.807, 2.05) is 42.1 Å². The quantitative estimate of drug-likeness (QED) is 0.125. The Hall–Kier alpha value is -13.5. The Bertz CT molecular complexity index is 7180. The lowest BCUT2D eigenvalue weighted by Crippen LogP contribution is -2.07. The summed E-state index contributed by atoms with van der Waals surface area (Å²) in [6, 6.07) is 112. The maximum absolute atomic E-state index is 6.90. The second kappa shape index (κ2) is 25.1. The van der Waals surface area contributed by atoms with Gasteiger partial charge in [0.2, 0.25) is 0 Å². The zero-order chi connectivity index (χ0) is 70.9. The molecule has 0 amide bonds. The van der Waals surface area contributed by atoms with Gasteiger partial charge in [0.1, 0.15) is 22.3 Å². The Morgan fingerprint density at radius 3 is 1.47 bits per heavy atom. The Kier molecular flexibility index (Phi) is 14.4. The molecule has 1 aliphatic heterocycles. The molecule has 0 fully saturated rings. The zero-order valence-corrected chi connectivity index (χ0v) is 59.4. The van der Waals surface area contributed by atoms with Crippen LogP contribution in [-0.4, -0.2) is 35.2 Å². The first-order valence-electron chi connectivity index (χ1n) is 36.3. The molecule has 6 heterocycles. The van der Waals surface area contributed by atoms with Crippen LogP contribution in [0.5, 0.6) is 0 Å². The molecule has 5 aromatic heterocycles. The van der Waals surface area contributed by atoms with Crippen molar-refractivity contribution in [2.75, 3.05) is 0 Å². The number of thiophene rings is 1. The fraction of sp³-hybridized carbons (Fsp3) is 0.0204. The Labute approximate surface area is 628 Å². The summed E-state index contributed by atoms with van der Waals surface area (Å²) in [5.41, 5.74) is 20.5. The fourth-order valence-corrected chi connectivity index (χ4v) is 18.7. The average Bonchev–Trinajstić information content (AvgIpc) is 1.69. The maximum Gasteiger partial charge on any atom is 0.164 e. The highest BCUT2D eigenvalue weighted by Gasteiger charge is 2.32. The lowest BCUT2D eigenvalue weighted by molar-refractivity contribution is 0.668. The third-order valence-electron chi connectivity index (χ3n) is 21.5. The highest BCUT2D eigenvalue weighted by molar-refractivity contribution is 8.00. The molecule has 15 aromatic carbocycles. The van der Waals surface area contributed by atoms with Crippen molar-refractivity contribution in [1.29, 1.82) is 0 Å². The van der Waals surface area contributed by atoms with Crippen LogP contribution in [0.4, 0.5) is 0 Å². The predicted octanol–water partition coefficient (Wildman–Crippen LogP) is 26.6. The SMILES string of the molecule is C1=CC2Sc3ccc(-c4nc(-c5ccc6c(c5)sc5ccccc56)nc(-c5cc6cccc(-c7ccc8oc9cc(-c%10nc(-c%11cc(-c%12ccccc%12)cc(-c%12cccc%13c(-c%14ccccc%14)cccc%12%13)c%11)nc(-c%11ccc%12oc%13ccccc%13c%12c%11)n%10)ccc9c8c7)c6cc5-c5ccccc5)n4)cc3C2C=C1. The van der Waals surface area contributed by atoms with Gasteiger partial charge in [-0.1, -0.05) is 237 Å². The predicted molar refractivity (Wildman–Crippen MR) is 446 cm³/mol. The Balaban J connectivity index is 0.673. The molecule has 2 aliphatic rings. The molecule has 0 bridgehead atoms. The summed E-state index contributed by atoms with van der Waals surface area (Å²) < 4.78 is 15.7. The molecule has 22 rings (SSSR count). The second-order valence-electron chi connectivity index (χ2n) is 27.9. The van der Waals surface area contributed by atoms with Gasteiger partial charge in [-0.2, -0.15) is 0 Å². The minimum Gasteiger partial charge on any atom is -0.456 e. The molecule has 108 heavy (non-hydrogen) atoms. The molecule has 2 atom stereocenters. The number of para-hydroxylation sites is 1. The van der Waals surface area contributed by atoms with Crippen LogP contribution in [0.1, 0.15) is 11.5 Å².